The van der Waals surface area contributed by atoms with Crippen LogP contribution in [0.4, 0.5) is 5.82 Å². The van der Waals surface area contributed by atoms with Crippen LogP contribution in [0.2, 0.25) is 0 Å². The molecule has 3 aromatic rings. The Hall–Kier alpha value is -3.15. The summed E-state index contributed by atoms with van der Waals surface area (Å²) in [7, 11) is 0. The Morgan fingerprint density at radius 3 is 2.54 bits per heavy atom. The number of pyridine rings is 1. The Kier molecular flexibility index (Phi) is 5.78. The molecule has 0 bridgehead atoms. The minimum absolute atomic E-state index is 0.0635. The van der Waals surface area contributed by atoms with Gasteiger partial charge in [0, 0.05) is 23.0 Å². The predicted octanol–water partition coefficient (Wildman–Crippen LogP) is 4.41. The largest absolute Gasteiger partial charge is 0.491 e. The van der Waals surface area contributed by atoms with Crippen LogP contribution in [-0.2, 0) is 0 Å². The van der Waals surface area contributed by atoms with Crippen molar-refractivity contribution in [2.75, 3.05) is 5.32 Å². The average molecular weight is 378 g/mol. The van der Waals surface area contributed by atoms with Crippen molar-refractivity contribution < 1.29 is 4.74 Å². The van der Waals surface area contributed by atoms with Crippen LogP contribution in [0.3, 0.4) is 0 Å². The Morgan fingerprint density at radius 2 is 1.89 bits per heavy atom. The molecule has 2 N–H and O–H groups in total. The van der Waals surface area contributed by atoms with Gasteiger partial charge in [-0.2, -0.15) is 0 Å². The van der Waals surface area contributed by atoms with E-state index in [0.717, 1.165) is 28.4 Å². The van der Waals surface area contributed by atoms with E-state index < -0.39 is 0 Å². The Balaban J connectivity index is 1.75. The molecule has 0 aliphatic carbocycles. The summed E-state index contributed by atoms with van der Waals surface area (Å²) < 4.78 is 5.77. The fraction of sp³-hybridized carbons (Fsp3) is 0.318. The number of nitrogens with one attached hydrogen (secondary N) is 2. The lowest BCUT2D eigenvalue weighted by Crippen LogP contribution is -2.14. The molecule has 0 amide bonds. The van der Waals surface area contributed by atoms with Gasteiger partial charge < -0.3 is 15.0 Å². The molecule has 0 saturated carbocycles. The van der Waals surface area contributed by atoms with Crippen LogP contribution in [-0.4, -0.2) is 21.1 Å². The molecule has 3 rings (SSSR count). The van der Waals surface area contributed by atoms with Crippen LogP contribution in [0.5, 0.6) is 5.75 Å². The second-order valence-electron chi connectivity index (χ2n) is 7.16. The van der Waals surface area contributed by atoms with Gasteiger partial charge in [-0.05, 0) is 64.4 Å². The number of aromatic amines is 1. The normalized spacial score (nSPS) is 12.1. The van der Waals surface area contributed by atoms with Crippen LogP contribution in [0.1, 0.15) is 43.6 Å². The first-order valence-electron chi connectivity index (χ1n) is 9.40. The van der Waals surface area contributed by atoms with Gasteiger partial charge in [-0.3, -0.25) is 4.79 Å². The highest BCUT2D eigenvalue weighted by Gasteiger charge is 2.10. The van der Waals surface area contributed by atoms with E-state index in [1.54, 1.807) is 13.1 Å². The summed E-state index contributed by atoms with van der Waals surface area (Å²) in [5, 5.41) is 3.39. The summed E-state index contributed by atoms with van der Waals surface area (Å²) in [6.07, 6.45) is 1.85. The van der Waals surface area contributed by atoms with E-state index >= 15 is 0 Å². The van der Waals surface area contributed by atoms with Crippen molar-refractivity contribution in [1.29, 1.82) is 0 Å². The first-order valence-corrected chi connectivity index (χ1v) is 9.40. The average Bonchev–Trinajstić information content (AvgIpc) is 2.66. The minimum Gasteiger partial charge on any atom is -0.491 e. The van der Waals surface area contributed by atoms with Gasteiger partial charge >= 0.3 is 0 Å². The molecule has 0 fully saturated rings. The number of ether oxygens (including phenoxy) is 1. The van der Waals surface area contributed by atoms with Crippen LogP contribution in [0.25, 0.3) is 11.4 Å². The van der Waals surface area contributed by atoms with Crippen LogP contribution in [0, 0.1) is 13.8 Å². The summed E-state index contributed by atoms with van der Waals surface area (Å²) in [4.78, 5) is 23.7. The highest BCUT2D eigenvalue weighted by atomic mass is 16.5. The molecule has 2 heterocycles. The molecule has 6 nitrogen and oxygen atoms in total. The lowest BCUT2D eigenvalue weighted by atomic mass is 10.1. The minimum atomic E-state index is -0.123. The van der Waals surface area contributed by atoms with Gasteiger partial charge in [-0.1, -0.05) is 12.1 Å². The molecule has 6 heteroatoms. The van der Waals surface area contributed by atoms with Crippen molar-refractivity contribution in [2.45, 2.75) is 46.8 Å². The summed E-state index contributed by atoms with van der Waals surface area (Å²) in [6.45, 7) is 9.69. The molecule has 0 saturated heterocycles. The number of rotatable bonds is 6. The maximum Gasteiger partial charge on any atom is 0.254 e. The fourth-order valence-corrected chi connectivity index (χ4v) is 2.84. The third-order valence-corrected chi connectivity index (χ3v) is 4.53. The van der Waals surface area contributed by atoms with E-state index in [1.807, 2.05) is 51.1 Å². The van der Waals surface area contributed by atoms with Gasteiger partial charge in [0.15, 0.2) is 0 Å². The third-order valence-electron chi connectivity index (χ3n) is 4.53. The summed E-state index contributed by atoms with van der Waals surface area (Å²) in [5.41, 5.74) is 3.11. The Bertz CT molecular complexity index is 1010. The number of aromatic nitrogens is 3. The second kappa shape index (κ2) is 8.25. The van der Waals surface area contributed by atoms with Gasteiger partial charge in [0.25, 0.3) is 5.56 Å². The molecule has 0 spiro atoms. The first kappa shape index (κ1) is 19.6. The number of benzene rings is 1. The monoisotopic (exact) mass is 378 g/mol. The number of hydrogen-bond acceptors (Lipinski definition) is 5. The van der Waals surface area contributed by atoms with Gasteiger partial charge in [0.05, 0.1) is 12.1 Å². The van der Waals surface area contributed by atoms with Crippen molar-refractivity contribution in [3.8, 4) is 17.1 Å². The fourth-order valence-electron chi connectivity index (χ4n) is 2.84. The first-order chi connectivity index (χ1) is 13.3. The zero-order chi connectivity index (χ0) is 20.3. The SMILES string of the molecule is Cc1nc(-c2ccc(NC(C)c3cccc(OC(C)C)c3)nc2)[nH]c(=O)c1C. The molecule has 1 atom stereocenters. The molecule has 0 radical (unpaired) electrons. The van der Waals surface area contributed by atoms with Gasteiger partial charge in [0.1, 0.15) is 17.4 Å². The lowest BCUT2D eigenvalue weighted by Gasteiger charge is -2.17. The number of aryl methyl sites for hydroxylation is 1. The number of hydrogen-bond donors (Lipinski definition) is 2. The van der Waals surface area contributed by atoms with Crippen LogP contribution < -0.4 is 15.6 Å². The molecule has 0 aliphatic rings. The third kappa shape index (κ3) is 4.57. The highest BCUT2D eigenvalue weighted by Crippen LogP contribution is 2.23. The van der Waals surface area contributed by atoms with Crippen molar-refractivity contribution >= 4 is 5.82 Å². The predicted molar refractivity (Wildman–Crippen MR) is 112 cm³/mol. The zero-order valence-electron chi connectivity index (χ0n) is 16.9. The summed E-state index contributed by atoms with van der Waals surface area (Å²) in [6, 6.07) is 11.9. The topological polar surface area (TPSA) is 79.9 Å². The number of nitrogens with zero attached hydrogens (tertiary/aromatic N) is 2. The molecule has 1 aromatic carbocycles. The molecular weight excluding hydrogens is 352 g/mol. The standard InChI is InChI=1S/C22H26N4O2/c1-13(2)28-19-8-6-7-17(11-19)16(5)24-20-10-9-18(12-23-20)21-25-15(4)14(3)22(27)26-21/h6-13,16H,1-5H3,(H,23,24)(H,25,26,27). The van der Waals surface area contributed by atoms with Crippen LogP contribution in [0.15, 0.2) is 47.4 Å². The van der Waals surface area contributed by atoms with E-state index in [0.29, 0.717) is 11.4 Å². The second-order valence-corrected chi connectivity index (χ2v) is 7.16. The van der Waals surface area contributed by atoms with Crippen molar-refractivity contribution in [2.24, 2.45) is 0 Å². The van der Waals surface area contributed by atoms with E-state index in [2.05, 4.69) is 33.3 Å². The van der Waals surface area contributed by atoms with E-state index in [4.69, 9.17) is 4.74 Å². The number of H-pyrrole nitrogens is 1. The van der Waals surface area contributed by atoms with Crippen molar-refractivity contribution in [3.63, 3.8) is 0 Å². The summed E-state index contributed by atoms with van der Waals surface area (Å²) in [5.74, 6) is 2.13. The molecular formula is C22H26N4O2. The zero-order valence-corrected chi connectivity index (χ0v) is 16.9. The van der Waals surface area contributed by atoms with Crippen molar-refractivity contribution in [1.82, 2.24) is 15.0 Å². The Labute approximate surface area is 165 Å². The molecule has 146 valence electrons. The quantitative estimate of drug-likeness (QED) is 0.664. The van der Waals surface area contributed by atoms with E-state index in [-0.39, 0.29) is 17.7 Å². The summed E-state index contributed by atoms with van der Waals surface area (Å²) >= 11 is 0. The molecule has 1 unspecified atom stereocenters. The number of anilines is 1. The smallest absolute Gasteiger partial charge is 0.254 e. The maximum atomic E-state index is 12.0. The van der Waals surface area contributed by atoms with Gasteiger partial charge in [-0.15, -0.1) is 0 Å². The Morgan fingerprint density at radius 1 is 1.11 bits per heavy atom. The molecule has 2 aromatic heterocycles. The van der Waals surface area contributed by atoms with Crippen LogP contribution >= 0.6 is 0 Å². The van der Waals surface area contributed by atoms with E-state index in [1.165, 1.54) is 0 Å². The van der Waals surface area contributed by atoms with Crippen molar-refractivity contribution in [3.05, 3.63) is 69.8 Å². The van der Waals surface area contributed by atoms with Gasteiger partial charge in [0.2, 0.25) is 0 Å². The maximum absolute atomic E-state index is 12.0. The lowest BCUT2D eigenvalue weighted by molar-refractivity contribution is 0.242. The van der Waals surface area contributed by atoms with E-state index in [9.17, 15) is 4.79 Å². The van der Waals surface area contributed by atoms with Gasteiger partial charge in [-0.25, -0.2) is 9.97 Å². The molecule has 28 heavy (non-hydrogen) atoms. The molecule has 0 aliphatic heterocycles. The highest BCUT2D eigenvalue weighted by molar-refractivity contribution is 5.56.